The number of hydrogen-bond donors (Lipinski definition) is 1. The van der Waals surface area contributed by atoms with Crippen LogP contribution in [0, 0.1) is 5.41 Å². The first-order valence-corrected chi connectivity index (χ1v) is 6.84. The van der Waals surface area contributed by atoms with Crippen LogP contribution in [0.4, 0.5) is 5.69 Å². The Morgan fingerprint density at radius 3 is 2.94 bits per heavy atom. The maximum atomic E-state index is 5.56. The lowest BCUT2D eigenvalue weighted by Crippen LogP contribution is -2.32. The van der Waals surface area contributed by atoms with Gasteiger partial charge in [-0.05, 0) is 43.7 Å². The number of ether oxygens (including phenoxy) is 1. The molecule has 0 radical (unpaired) electrons. The summed E-state index contributed by atoms with van der Waals surface area (Å²) in [6, 6.07) is 6.59. The van der Waals surface area contributed by atoms with E-state index in [0.29, 0.717) is 5.41 Å². The zero-order valence-electron chi connectivity index (χ0n) is 11.3. The molecular formula is C15H22N2O. The molecule has 1 aromatic rings. The maximum Gasteiger partial charge on any atom is 0.122 e. The molecule has 1 N–H and O–H groups in total. The van der Waals surface area contributed by atoms with E-state index in [4.69, 9.17) is 4.74 Å². The van der Waals surface area contributed by atoms with Gasteiger partial charge in [0, 0.05) is 37.7 Å². The molecule has 3 nitrogen and oxygen atoms in total. The molecule has 18 heavy (non-hydrogen) atoms. The lowest BCUT2D eigenvalue weighted by molar-refractivity contribution is 0.357. The van der Waals surface area contributed by atoms with E-state index in [2.05, 4.69) is 35.5 Å². The molecule has 0 saturated heterocycles. The molecule has 1 heterocycles. The number of nitrogens with zero attached hydrogens (tertiary/aromatic N) is 1. The molecule has 3 heteroatoms. The average Bonchev–Trinajstić information content (AvgIpc) is 2.95. The van der Waals surface area contributed by atoms with E-state index in [1.165, 1.54) is 24.1 Å². The van der Waals surface area contributed by atoms with Crippen molar-refractivity contribution in [3.05, 3.63) is 23.8 Å². The second-order valence-electron chi connectivity index (χ2n) is 5.78. The number of benzene rings is 1. The number of rotatable bonds is 5. The van der Waals surface area contributed by atoms with Gasteiger partial charge in [0.05, 0.1) is 6.61 Å². The minimum atomic E-state index is 0.513. The summed E-state index contributed by atoms with van der Waals surface area (Å²) in [6.07, 6.45) is 3.76. The lowest BCUT2D eigenvalue weighted by atomic mass is 10.1. The summed E-state index contributed by atoms with van der Waals surface area (Å²) in [6.45, 7) is 3.12. The maximum absolute atomic E-state index is 5.56. The Labute approximate surface area is 109 Å². The highest BCUT2D eigenvalue weighted by atomic mass is 16.5. The monoisotopic (exact) mass is 246 g/mol. The molecule has 2 aliphatic rings. The van der Waals surface area contributed by atoms with Crippen LogP contribution in [-0.4, -0.2) is 33.8 Å². The van der Waals surface area contributed by atoms with Gasteiger partial charge in [0.2, 0.25) is 0 Å². The van der Waals surface area contributed by atoms with Crippen molar-refractivity contribution in [2.75, 3.05) is 38.7 Å². The van der Waals surface area contributed by atoms with Crippen LogP contribution in [-0.2, 0) is 6.42 Å². The fourth-order valence-electron chi connectivity index (χ4n) is 2.95. The van der Waals surface area contributed by atoms with Gasteiger partial charge in [-0.3, -0.25) is 0 Å². The molecule has 1 saturated carbocycles. The Morgan fingerprint density at radius 1 is 1.39 bits per heavy atom. The highest BCUT2D eigenvalue weighted by Gasteiger charge is 2.42. The summed E-state index contributed by atoms with van der Waals surface area (Å²) >= 11 is 0. The summed E-state index contributed by atoms with van der Waals surface area (Å²) in [5, 5.41) is 3.32. The SMILES string of the molecule is CNCC1(CN(C)c2ccc3c(c2)CCO3)CC1. The van der Waals surface area contributed by atoms with Crippen LogP contribution in [0.3, 0.4) is 0 Å². The molecule has 98 valence electrons. The first kappa shape index (κ1) is 11.8. The van der Waals surface area contributed by atoms with Gasteiger partial charge in [0.1, 0.15) is 5.75 Å². The molecule has 1 aliphatic carbocycles. The van der Waals surface area contributed by atoms with Gasteiger partial charge in [-0.1, -0.05) is 0 Å². The topological polar surface area (TPSA) is 24.5 Å². The Morgan fingerprint density at radius 2 is 2.22 bits per heavy atom. The molecule has 1 aliphatic heterocycles. The Bertz CT molecular complexity index is 440. The third-order valence-electron chi connectivity index (χ3n) is 4.20. The van der Waals surface area contributed by atoms with Crippen molar-refractivity contribution in [2.24, 2.45) is 5.41 Å². The highest BCUT2D eigenvalue weighted by molar-refractivity contribution is 5.54. The summed E-state index contributed by atoms with van der Waals surface area (Å²) in [5.41, 5.74) is 3.19. The fourth-order valence-corrected chi connectivity index (χ4v) is 2.95. The first-order valence-electron chi connectivity index (χ1n) is 6.84. The van der Waals surface area contributed by atoms with E-state index in [1.807, 2.05) is 7.05 Å². The van der Waals surface area contributed by atoms with Gasteiger partial charge in [-0.2, -0.15) is 0 Å². The van der Waals surface area contributed by atoms with Crippen molar-refractivity contribution >= 4 is 5.69 Å². The molecular weight excluding hydrogens is 224 g/mol. The minimum absolute atomic E-state index is 0.513. The number of anilines is 1. The third kappa shape index (κ3) is 2.19. The van der Waals surface area contributed by atoms with Crippen molar-refractivity contribution in [2.45, 2.75) is 19.3 Å². The van der Waals surface area contributed by atoms with Gasteiger partial charge in [-0.25, -0.2) is 0 Å². The normalized spacial score (nSPS) is 19.2. The van der Waals surface area contributed by atoms with Crippen LogP contribution in [0.2, 0.25) is 0 Å². The van der Waals surface area contributed by atoms with Gasteiger partial charge >= 0.3 is 0 Å². The zero-order chi connectivity index (χ0) is 12.6. The number of nitrogens with one attached hydrogen (secondary N) is 1. The molecule has 0 aromatic heterocycles. The van der Waals surface area contributed by atoms with Crippen LogP contribution in [0.1, 0.15) is 18.4 Å². The van der Waals surface area contributed by atoms with Crippen LogP contribution in [0.15, 0.2) is 18.2 Å². The average molecular weight is 246 g/mol. The van der Waals surface area contributed by atoms with Crippen molar-refractivity contribution in [3.8, 4) is 5.75 Å². The Balaban J connectivity index is 1.71. The second-order valence-corrected chi connectivity index (χ2v) is 5.78. The largest absolute Gasteiger partial charge is 0.493 e. The third-order valence-corrected chi connectivity index (χ3v) is 4.20. The van der Waals surface area contributed by atoms with Crippen molar-refractivity contribution in [1.82, 2.24) is 5.32 Å². The summed E-state index contributed by atoms with van der Waals surface area (Å²) in [7, 11) is 4.25. The summed E-state index contributed by atoms with van der Waals surface area (Å²) in [5.74, 6) is 1.07. The van der Waals surface area contributed by atoms with Crippen LogP contribution >= 0.6 is 0 Å². The fraction of sp³-hybridized carbons (Fsp3) is 0.600. The lowest BCUT2D eigenvalue weighted by Gasteiger charge is -2.26. The standard InChI is InChI=1S/C15H22N2O/c1-16-10-15(6-7-15)11-17(2)13-3-4-14-12(9-13)5-8-18-14/h3-4,9,16H,5-8,10-11H2,1-2H3. The molecule has 1 fully saturated rings. The van der Waals surface area contributed by atoms with Crippen molar-refractivity contribution in [1.29, 1.82) is 0 Å². The summed E-state index contributed by atoms with van der Waals surface area (Å²) < 4.78 is 5.56. The molecule has 0 bridgehead atoms. The molecule has 3 rings (SSSR count). The first-order chi connectivity index (χ1) is 8.72. The highest BCUT2D eigenvalue weighted by Crippen LogP contribution is 2.46. The van der Waals surface area contributed by atoms with E-state index in [9.17, 15) is 0 Å². The van der Waals surface area contributed by atoms with Crippen LogP contribution < -0.4 is 15.0 Å². The molecule has 1 aromatic carbocycles. The molecule has 0 atom stereocenters. The van der Waals surface area contributed by atoms with E-state index in [-0.39, 0.29) is 0 Å². The number of fused-ring (bicyclic) bond motifs is 1. The van der Waals surface area contributed by atoms with E-state index >= 15 is 0 Å². The van der Waals surface area contributed by atoms with E-state index in [0.717, 1.165) is 31.9 Å². The van der Waals surface area contributed by atoms with Crippen molar-refractivity contribution < 1.29 is 4.74 Å². The smallest absolute Gasteiger partial charge is 0.122 e. The molecule has 0 unspecified atom stereocenters. The molecule has 0 amide bonds. The quantitative estimate of drug-likeness (QED) is 0.860. The van der Waals surface area contributed by atoms with Gasteiger partial charge in [-0.15, -0.1) is 0 Å². The van der Waals surface area contributed by atoms with Crippen molar-refractivity contribution in [3.63, 3.8) is 0 Å². The van der Waals surface area contributed by atoms with Crippen LogP contribution in [0.5, 0.6) is 5.75 Å². The van der Waals surface area contributed by atoms with E-state index in [1.54, 1.807) is 0 Å². The predicted molar refractivity (Wildman–Crippen MR) is 74.5 cm³/mol. The molecule has 0 spiro atoms. The Hall–Kier alpha value is -1.22. The van der Waals surface area contributed by atoms with Gasteiger partial charge in [0.25, 0.3) is 0 Å². The van der Waals surface area contributed by atoms with Gasteiger partial charge in [0.15, 0.2) is 0 Å². The van der Waals surface area contributed by atoms with Crippen LogP contribution in [0.25, 0.3) is 0 Å². The van der Waals surface area contributed by atoms with E-state index < -0.39 is 0 Å². The number of hydrogen-bond acceptors (Lipinski definition) is 3. The minimum Gasteiger partial charge on any atom is -0.493 e. The second kappa shape index (κ2) is 4.47. The summed E-state index contributed by atoms with van der Waals surface area (Å²) in [4.78, 5) is 2.39. The van der Waals surface area contributed by atoms with Gasteiger partial charge < -0.3 is 15.0 Å². The Kier molecular flexibility index (Phi) is 2.94. The zero-order valence-corrected chi connectivity index (χ0v) is 11.3. The predicted octanol–water partition coefficient (Wildman–Crippen LogP) is 2.06.